The summed E-state index contributed by atoms with van der Waals surface area (Å²) in [5, 5.41) is 9.25. The Labute approximate surface area is 90.7 Å². The van der Waals surface area contributed by atoms with E-state index in [1.807, 2.05) is 0 Å². The van der Waals surface area contributed by atoms with Crippen LogP contribution >= 0.6 is 0 Å². The van der Waals surface area contributed by atoms with Gasteiger partial charge in [-0.2, -0.15) is 13.2 Å². The number of benzene rings is 1. The van der Waals surface area contributed by atoms with Gasteiger partial charge < -0.3 is 10.2 Å². The summed E-state index contributed by atoms with van der Waals surface area (Å²) >= 11 is 0. The summed E-state index contributed by atoms with van der Waals surface area (Å²) in [6, 6.07) is 2.28. The Bertz CT molecular complexity index is 699. The number of nitrogens with zero attached hydrogens (tertiary/aromatic N) is 1. The molecule has 1 aromatic carbocycles. The highest BCUT2D eigenvalue weighted by molar-refractivity contribution is 5.75. The summed E-state index contributed by atoms with van der Waals surface area (Å²) in [7, 11) is 0. The van der Waals surface area contributed by atoms with Gasteiger partial charge in [0, 0.05) is 0 Å². The average Bonchev–Trinajstić information content (AvgIpc) is 2.24. The highest BCUT2D eigenvalue weighted by Crippen LogP contribution is 2.30. The predicted octanol–water partition coefficient (Wildman–Crippen LogP) is 0.946. The number of rotatable bonds is 0. The van der Waals surface area contributed by atoms with E-state index in [2.05, 4.69) is 4.98 Å². The second kappa shape index (κ2) is 3.37. The van der Waals surface area contributed by atoms with Gasteiger partial charge in [0.15, 0.2) is 0 Å². The topological polar surface area (TPSA) is 75.1 Å². The summed E-state index contributed by atoms with van der Waals surface area (Å²) in [6.07, 6.45) is -4.60. The Balaban J connectivity index is 2.87. The SMILES string of the molecule is O=c1[nH]c2ccc(C(F)(F)F)cc2n(O)c1=O. The zero-order chi connectivity index (χ0) is 12.8. The molecule has 0 saturated heterocycles. The molecule has 0 aliphatic rings. The van der Waals surface area contributed by atoms with E-state index >= 15 is 0 Å². The van der Waals surface area contributed by atoms with Crippen LogP contribution in [0.1, 0.15) is 5.56 Å². The maximum atomic E-state index is 12.4. The molecule has 0 atom stereocenters. The number of hydrogen-bond acceptors (Lipinski definition) is 3. The van der Waals surface area contributed by atoms with Crippen LogP contribution in [0.15, 0.2) is 27.8 Å². The number of alkyl halides is 3. The molecule has 0 radical (unpaired) electrons. The van der Waals surface area contributed by atoms with Gasteiger partial charge in [0.25, 0.3) is 0 Å². The van der Waals surface area contributed by atoms with Crippen molar-refractivity contribution in [2.45, 2.75) is 6.18 Å². The lowest BCUT2D eigenvalue weighted by Gasteiger charge is -2.08. The minimum absolute atomic E-state index is 0.0647. The predicted molar refractivity (Wildman–Crippen MR) is 51.0 cm³/mol. The normalized spacial score (nSPS) is 11.9. The molecule has 0 amide bonds. The van der Waals surface area contributed by atoms with E-state index in [1.54, 1.807) is 0 Å². The smallest absolute Gasteiger partial charge is 0.416 e. The molecule has 2 N–H and O–H groups in total. The Morgan fingerprint density at radius 2 is 1.88 bits per heavy atom. The summed E-state index contributed by atoms with van der Waals surface area (Å²) < 4.78 is 37.1. The van der Waals surface area contributed by atoms with Crippen molar-refractivity contribution in [2.24, 2.45) is 0 Å². The van der Waals surface area contributed by atoms with Crippen LogP contribution in [0.25, 0.3) is 11.0 Å². The standard InChI is InChI=1S/C9H5F3N2O3/c10-9(11,12)4-1-2-5-6(3-4)14(17)8(16)7(15)13-5/h1-3,17H,(H,13,15). The Kier molecular flexibility index (Phi) is 2.23. The van der Waals surface area contributed by atoms with Crippen molar-refractivity contribution >= 4 is 11.0 Å². The maximum absolute atomic E-state index is 12.4. The lowest BCUT2D eigenvalue weighted by molar-refractivity contribution is -0.137. The highest BCUT2D eigenvalue weighted by atomic mass is 19.4. The molecule has 0 bridgehead atoms. The zero-order valence-corrected chi connectivity index (χ0v) is 8.08. The van der Waals surface area contributed by atoms with Crippen molar-refractivity contribution in [3.05, 3.63) is 44.5 Å². The number of hydrogen-bond donors (Lipinski definition) is 2. The molecule has 2 aromatic rings. The summed E-state index contributed by atoms with van der Waals surface area (Å²) in [5.74, 6) is 0. The lowest BCUT2D eigenvalue weighted by atomic mass is 10.2. The van der Waals surface area contributed by atoms with Gasteiger partial charge in [0.1, 0.15) is 5.52 Å². The molecule has 1 aromatic heterocycles. The van der Waals surface area contributed by atoms with Crippen molar-refractivity contribution in [3.63, 3.8) is 0 Å². The number of nitrogens with one attached hydrogen (secondary N) is 1. The van der Waals surface area contributed by atoms with E-state index in [4.69, 9.17) is 0 Å². The number of aromatic nitrogens is 2. The van der Waals surface area contributed by atoms with Gasteiger partial charge in [-0.25, -0.2) is 0 Å². The minimum atomic E-state index is -4.60. The third-order valence-electron chi connectivity index (χ3n) is 2.19. The van der Waals surface area contributed by atoms with E-state index in [0.717, 1.165) is 12.1 Å². The monoisotopic (exact) mass is 246 g/mol. The fourth-order valence-corrected chi connectivity index (χ4v) is 1.37. The second-order valence-electron chi connectivity index (χ2n) is 3.30. The Morgan fingerprint density at radius 3 is 2.47 bits per heavy atom. The molecular weight excluding hydrogens is 241 g/mol. The maximum Gasteiger partial charge on any atom is 0.416 e. The third kappa shape index (κ3) is 1.77. The largest absolute Gasteiger partial charge is 0.425 e. The van der Waals surface area contributed by atoms with Crippen LogP contribution in [0, 0.1) is 0 Å². The van der Waals surface area contributed by atoms with Crippen molar-refractivity contribution < 1.29 is 18.4 Å². The van der Waals surface area contributed by atoms with Crippen LogP contribution in [0.3, 0.4) is 0 Å². The Morgan fingerprint density at radius 1 is 1.24 bits per heavy atom. The van der Waals surface area contributed by atoms with Gasteiger partial charge in [-0.15, -0.1) is 4.73 Å². The molecule has 2 rings (SSSR count). The van der Waals surface area contributed by atoms with Crippen LogP contribution in [0.4, 0.5) is 13.2 Å². The first-order chi connectivity index (χ1) is 7.80. The lowest BCUT2D eigenvalue weighted by Crippen LogP contribution is -2.35. The van der Waals surface area contributed by atoms with Crippen LogP contribution in [-0.4, -0.2) is 14.9 Å². The van der Waals surface area contributed by atoms with E-state index in [0.29, 0.717) is 6.07 Å². The number of H-pyrrole nitrogens is 1. The number of fused-ring (bicyclic) bond motifs is 1. The van der Waals surface area contributed by atoms with Crippen molar-refractivity contribution in [2.75, 3.05) is 0 Å². The van der Waals surface area contributed by atoms with Crippen molar-refractivity contribution in [1.29, 1.82) is 0 Å². The van der Waals surface area contributed by atoms with E-state index in [1.165, 1.54) is 0 Å². The molecule has 0 unspecified atom stereocenters. The van der Waals surface area contributed by atoms with E-state index in [9.17, 15) is 28.0 Å². The van der Waals surface area contributed by atoms with Gasteiger partial charge in [-0.3, -0.25) is 9.59 Å². The first-order valence-corrected chi connectivity index (χ1v) is 4.36. The fourth-order valence-electron chi connectivity index (χ4n) is 1.37. The molecular formula is C9H5F3N2O3. The van der Waals surface area contributed by atoms with Crippen molar-refractivity contribution in [3.8, 4) is 0 Å². The zero-order valence-electron chi connectivity index (χ0n) is 8.08. The molecule has 0 spiro atoms. The van der Waals surface area contributed by atoms with Crippen molar-refractivity contribution in [1.82, 2.24) is 9.71 Å². The first-order valence-electron chi connectivity index (χ1n) is 4.36. The summed E-state index contributed by atoms with van der Waals surface area (Å²) in [5.41, 5.74) is -3.95. The molecule has 0 saturated carbocycles. The molecule has 1 heterocycles. The molecule has 17 heavy (non-hydrogen) atoms. The number of aromatic amines is 1. The molecule has 90 valence electrons. The molecule has 0 aliphatic carbocycles. The Hall–Kier alpha value is -2.25. The first kappa shape index (κ1) is 11.2. The van der Waals surface area contributed by atoms with E-state index in [-0.39, 0.29) is 10.2 Å². The quantitative estimate of drug-likeness (QED) is 0.536. The summed E-state index contributed by atoms with van der Waals surface area (Å²) in [6.45, 7) is 0. The van der Waals surface area contributed by atoms with Gasteiger partial charge >= 0.3 is 17.3 Å². The average molecular weight is 246 g/mol. The second-order valence-corrected chi connectivity index (χ2v) is 3.30. The van der Waals surface area contributed by atoms with Crippen LogP contribution < -0.4 is 11.1 Å². The number of halogens is 3. The third-order valence-corrected chi connectivity index (χ3v) is 2.19. The highest BCUT2D eigenvalue weighted by Gasteiger charge is 2.30. The van der Waals surface area contributed by atoms with Crippen LogP contribution in [-0.2, 0) is 6.18 Å². The van der Waals surface area contributed by atoms with Crippen LogP contribution in [0.5, 0.6) is 0 Å². The van der Waals surface area contributed by atoms with Gasteiger partial charge in [-0.05, 0) is 18.2 Å². The summed E-state index contributed by atoms with van der Waals surface area (Å²) in [4.78, 5) is 24.1. The van der Waals surface area contributed by atoms with Gasteiger partial charge in [0.05, 0.1) is 11.1 Å². The van der Waals surface area contributed by atoms with Gasteiger partial charge in [-0.1, -0.05) is 0 Å². The molecule has 5 nitrogen and oxygen atoms in total. The molecule has 0 aliphatic heterocycles. The molecule has 0 fully saturated rings. The van der Waals surface area contributed by atoms with E-state index < -0.39 is 28.4 Å². The molecule has 8 heteroatoms. The minimum Gasteiger partial charge on any atom is -0.425 e. The fraction of sp³-hybridized carbons (Fsp3) is 0.111. The van der Waals surface area contributed by atoms with Gasteiger partial charge in [0.2, 0.25) is 0 Å². The van der Waals surface area contributed by atoms with Crippen LogP contribution in [0.2, 0.25) is 0 Å².